The quantitative estimate of drug-likeness (QED) is 0.300. The third-order valence-electron chi connectivity index (χ3n) is 6.35. The first-order valence-electron chi connectivity index (χ1n) is 11.3. The van der Waals surface area contributed by atoms with Gasteiger partial charge in [0.15, 0.2) is 6.61 Å². The number of aliphatic carboxylic acids is 1. The van der Waals surface area contributed by atoms with E-state index in [1.165, 1.54) is 6.07 Å². The summed E-state index contributed by atoms with van der Waals surface area (Å²) in [6, 6.07) is 7.13. The summed E-state index contributed by atoms with van der Waals surface area (Å²) in [6.45, 7) is 1.43. The van der Waals surface area contributed by atoms with Crippen LogP contribution in [0.2, 0.25) is 0 Å². The molecule has 2 aromatic heterocycles. The number of aryl methyl sites for hydroxylation is 2. The van der Waals surface area contributed by atoms with Crippen LogP contribution in [-0.4, -0.2) is 39.7 Å². The molecule has 4 aromatic rings. The van der Waals surface area contributed by atoms with Gasteiger partial charge in [0.1, 0.15) is 23.1 Å². The minimum Gasteiger partial charge on any atom is -0.508 e. The van der Waals surface area contributed by atoms with E-state index in [0.717, 1.165) is 29.5 Å². The Labute approximate surface area is 199 Å². The van der Waals surface area contributed by atoms with E-state index in [1.54, 1.807) is 30.5 Å². The molecule has 0 bridgehead atoms. The first-order valence-corrected chi connectivity index (χ1v) is 11.3. The van der Waals surface area contributed by atoms with Crippen molar-refractivity contribution in [3.8, 4) is 11.5 Å². The second-order valence-corrected chi connectivity index (χ2v) is 8.83. The van der Waals surface area contributed by atoms with E-state index in [0.29, 0.717) is 39.7 Å². The number of carboxylic acid groups (broad SMARTS) is 1. The Bertz CT molecular complexity index is 1530. The molecule has 9 heteroatoms. The fraction of sp³-hybridized carbons (Fsp3) is 0.269. The average molecular weight is 476 g/mol. The van der Waals surface area contributed by atoms with Crippen molar-refractivity contribution in [2.75, 3.05) is 6.61 Å². The minimum atomic E-state index is -1.19. The van der Waals surface area contributed by atoms with Gasteiger partial charge in [0.2, 0.25) is 0 Å². The highest BCUT2D eigenvalue weighted by Crippen LogP contribution is 2.35. The molecule has 0 radical (unpaired) electrons. The molecule has 1 atom stereocenters. The lowest BCUT2D eigenvalue weighted by atomic mass is 10.0. The van der Waals surface area contributed by atoms with Gasteiger partial charge in [-0.25, -0.2) is 9.59 Å². The molecule has 0 fully saturated rings. The fourth-order valence-corrected chi connectivity index (χ4v) is 4.75. The van der Waals surface area contributed by atoms with Gasteiger partial charge in [-0.1, -0.05) is 0 Å². The largest absolute Gasteiger partial charge is 0.508 e. The predicted octanol–water partition coefficient (Wildman–Crippen LogP) is 2.97. The number of carboxylic acids is 1. The molecule has 0 spiro atoms. The van der Waals surface area contributed by atoms with E-state index < -0.39 is 24.5 Å². The van der Waals surface area contributed by atoms with Crippen molar-refractivity contribution < 1.29 is 29.0 Å². The Kier molecular flexibility index (Phi) is 5.68. The molecular formula is C26H24N2O7. The molecule has 0 unspecified atom stereocenters. The molecule has 4 N–H and O–H groups in total. The zero-order chi connectivity index (χ0) is 24.7. The lowest BCUT2D eigenvalue weighted by Gasteiger charge is -2.16. The van der Waals surface area contributed by atoms with Crippen LogP contribution in [0.1, 0.15) is 28.7 Å². The van der Waals surface area contributed by atoms with Gasteiger partial charge in [0.25, 0.3) is 5.91 Å². The number of phenolic OH excluding ortho intramolecular Hbond substituents is 1. The van der Waals surface area contributed by atoms with Crippen molar-refractivity contribution in [1.82, 2.24) is 10.3 Å². The van der Waals surface area contributed by atoms with Crippen molar-refractivity contribution in [1.29, 1.82) is 0 Å². The molecule has 1 aliphatic carbocycles. The van der Waals surface area contributed by atoms with E-state index in [9.17, 15) is 24.6 Å². The molecule has 5 rings (SSSR count). The second kappa shape index (κ2) is 8.83. The summed E-state index contributed by atoms with van der Waals surface area (Å²) in [5, 5.41) is 23.3. The maximum Gasteiger partial charge on any atom is 0.339 e. The third kappa shape index (κ3) is 4.32. The number of aromatic nitrogens is 1. The normalized spacial score (nSPS) is 13.6. The molecule has 180 valence electrons. The lowest BCUT2D eigenvalue weighted by Crippen LogP contribution is -2.44. The van der Waals surface area contributed by atoms with E-state index in [4.69, 9.17) is 9.15 Å². The Balaban J connectivity index is 1.34. The number of nitrogens with one attached hydrogen (secondary N) is 2. The van der Waals surface area contributed by atoms with Crippen LogP contribution in [0, 0.1) is 6.92 Å². The van der Waals surface area contributed by atoms with Gasteiger partial charge in [-0.05, 0) is 73.2 Å². The predicted molar refractivity (Wildman–Crippen MR) is 128 cm³/mol. The summed E-state index contributed by atoms with van der Waals surface area (Å²) in [4.78, 5) is 39.8. The average Bonchev–Trinajstić information content (AvgIpc) is 3.44. The molecule has 0 aliphatic heterocycles. The number of rotatable bonds is 7. The summed E-state index contributed by atoms with van der Waals surface area (Å²) < 4.78 is 11.3. The number of ether oxygens (including phenoxy) is 1. The molecule has 0 saturated carbocycles. The number of aromatic amines is 1. The van der Waals surface area contributed by atoms with Crippen LogP contribution in [0.5, 0.6) is 11.5 Å². The van der Waals surface area contributed by atoms with E-state index in [1.807, 2.05) is 6.92 Å². The molecule has 1 aliphatic rings. The zero-order valence-electron chi connectivity index (χ0n) is 19.0. The van der Waals surface area contributed by atoms with Crippen LogP contribution in [-0.2, 0) is 28.9 Å². The van der Waals surface area contributed by atoms with Crippen molar-refractivity contribution >= 4 is 33.7 Å². The number of benzene rings is 2. The van der Waals surface area contributed by atoms with Crippen molar-refractivity contribution in [2.24, 2.45) is 0 Å². The number of fused-ring (bicyclic) bond motifs is 4. The SMILES string of the molecule is Cc1cc(OCC(=O)N[C@@H](Cc2c[nH]c3ccc(O)cc23)C(=O)O)c2c3c(c(=O)oc2c1)CCC3. The Morgan fingerprint density at radius 1 is 1.20 bits per heavy atom. The fourth-order valence-electron chi connectivity index (χ4n) is 4.75. The maximum atomic E-state index is 12.7. The van der Waals surface area contributed by atoms with Gasteiger partial charge in [-0.2, -0.15) is 0 Å². The van der Waals surface area contributed by atoms with E-state index >= 15 is 0 Å². The highest BCUT2D eigenvalue weighted by molar-refractivity contribution is 5.90. The standard InChI is InChI=1S/C26H24N2O7/c1-13-7-21(24-16-3-2-4-17(16)26(33)35-22(24)8-13)34-12-23(30)28-20(25(31)32)9-14-11-27-19-6-5-15(29)10-18(14)19/h5-8,10-11,20,27,29H,2-4,9,12H2,1H3,(H,28,30)(H,31,32)/t20-/m0/s1. The molecular weight excluding hydrogens is 452 g/mol. The number of hydrogen-bond donors (Lipinski definition) is 4. The van der Waals surface area contributed by atoms with E-state index in [-0.39, 0.29) is 17.8 Å². The monoisotopic (exact) mass is 476 g/mol. The summed E-state index contributed by atoms with van der Waals surface area (Å²) in [7, 11) is 0. The number of aromatic hydroxyl groups is 1. The van der Waals surface area contributed by atoms with Crippen LogP contribution in [0.4, 0.5) is 0 Å². The minimum absolute atomic E-state index is 0.0244. The van der Waals surface area contributed by atoms with Crippen LogP contribution >= 0.6 is 0 Å². The van der Waals surface area contributed by atoms with Gasteiger partial charge in [0.05, 0.1) is 5.39 Å². The highest BCUT2D eigenvalue weighted by Gasteiger charge is 2.25. The Hall–Kier alpha value is -4.27. The number of carbonyl (C=O) groups is 2. The maximum absolute atomic E-state index is 12.7. The number of H-pyrrole nitrogens is 1. The van der Waals surface area contributed by atoms with E-state index in [2.05, 4.69) is 10.3 Å². The molecule has 2 heterocycles. The summed E-state index contributed by atoms with van der Waals surface area (Å²) in [5.41, 5.74) is 3.82. The lowest BCUT2D eigenvalue weighted by molar-refractivity contribution is -0.142. The van der Waals surface area contributed by atoms with Gasteiger partial charge >= 0.3 is 11.6 Å². The molecule has 9 nitrogen and oxygen atoms in total. The molecule has 1 amide bonds. The third-order valence-corrected chi connectivity index (χ3v) is 6.35. The van der Waals surface area contributed by atoms with Gasteiger partial charge < -0.3 is 29.7 Å². The molecule has 0 saturated heterocycles. The first-order chi connectivity index (χ1) is 16.8. The Morgan fingerprint density at radius 2 is 2.00 bits per heavy atom. The van der Waals surface area contributed by atoms with Crippen LogP contribution in [0.15, 0.2) is 45.7 Å². The number of amides is 1. The topological polar surface area (TPSA) is 142 Å². The summed E-state index contributed by atoms with van der Waals surface area (Å²) >= 11 is 0. The number of carbonyl (C=O) groups excluding carboxylic acids is 1. The van der Waals surface area contributed by atoms with Gasteiger partial charge in [-0.15, -0.1) is 0 Å². The second-order valence-electron chi connectivity index (χ2n) is 8.83. The molecule has 2 aromatic carbocycles. The number of phenols is 1. The Morgan fingerprint density at radius 3 is 2.80 bits per heavy atom. The summed E-state index contributed by atoms with van der Waals surface area (Å²) in [5.74, 6) is -1.29. The van der Waals surface area contributed by atoms with Crippen molar-refractivity contribution in [3.05, 3.63) is 69.2 Å². The molecule has 35 heavy (non-hydrogen) atoms. The van der Waals surface area contributed by atoms with Crippen LogP contribution in [0.3, 0.4) is 0 Å². The van der Waals surface area contributed by atoms with Crippen molar-refractivity contribution in [2.45, 2.75) is 38.6 Å². The van der Waals surface area contributed by atoms with Crippen LogP contribution in [0.25, 0.3) is 21.9 Å². The van der Waals surface area contributed by atoms with Gasteiger partial charge in [-0.3, -0.25) is 4.79 Å². The zero-order valence-corrected chi connectivity index (χ0v) is 19.0. The van der Waals surface area contributed by atoms with Crippen LogP contribution < -0.4 is 15.7 Å². The highest BCUT2D eigenvalue weighted by atomic mass is 16.5. The van der Waals surface area contributed by atoms with Crippen molar-refractivity contribution in [3.63, 3.8) is 0 Å². The first kappa shape index (κ1) is 22.5. The van der Waals surface area contributed by atoms with Gasteiger partial charge in [0, 0.05) is 29.1 Å². The smallest absolute Gasteiger partial charge is 0.339 e. The number of hydrogen-bond acceptors (Lipinski definition) is 6. The summed E-state index contributed by atoms with van der Waals surface area (Å²) in [6.07, 6.45) is 3.91.